The third kappa shape index (κ3) is 5.37. The van der Waals surface area contributed by atoms with Gasteiger partial charge in [0.25, 0.3) is 0 Å². The highest BCUT2D eigenvalue weighted by Crippen LogP contribution is 2.26. The van der Waals surface area contributed by atoms with Crippen molar-refractivity contribution >= 4 is 34.8 Å². The first-order valence-electron chi connectivity index (χ1n) is 7.41. The number of hydrogen-bond acceptors (Lipinski definition) is 4. The maximum absolute atomic E-state index is 12.2. The van der Waals surface area contributed by atoms with E-state index in [9.17, 15) is 4.79 Å². The van der Waals surface area contributed by atoms with Gasteiger partial charge < -0.3 is 14.8 Å². The number of amides is 1. The summed E-state index contributed by atoms with van der Waals surface area (Å²) in [5, 5.41) is 3.76. The van der Waals surface area contributed by atoms with Crippen molar-refractivity contribution in [2.45, 2.75) is 12.8 Å². The van der Waals surface area contributed by atoms with Crippen LogP contribution in [-0.4, -0.2) is 31.2 Å². The maximum atomic E-state index is 12.2. The van der Waals surface area contributed by atoms with Gasteiger partial charge in [0.05, 0.1) is 16.7 Å². The van der Waals surface area contributed by atoms with Gasteiger partial charge in [-0.05, 0) is 30.2 Å². The van der Waals surface area contributed by atoms with Crippen LogP contribution in [0.2, 0.25) is 10.0 Å². The molecule has 5 nitrogen and oxygen atoms in total. The van der Waals surface area contributed by atoms with Crippen molar-refractivity contribution in [3.63, 3.8) is 0 Å². The summed E-state index contributed by atoms with van der Waals surface area (Å²) >= 11 is 12.1. The molecule has 0 radical (unpaired) electrons. The molecule has 1 heterocycles. The Morgan fingerprint density at radius 1 is 1.21 bits per heavy atom. The van der Waals surface area contributed by atoms with Crippen molar-refractivity contribution in [1.29, 1.82) is 0 Å². The quantitative estimate of drug-likeness (QED) is 0.715. The highest BCUT2D eigenvalue weighted by Gasteiger charge is 2.11. The van der Waals surface area contributed by atoms with E-state index < -0.39 is 0 Å². The SMILES string of the molecule is COCCOc1ncccc1NC(=O)CCc1cccc(Cl)c1Cl. The standard InChI is InChI=1S/C17H18Cl2N2O3/c1-23-10-11-24-17-14(6-3-9-20-17)21-15(22)8-7-12-4-2-5-13(18)16(12)19/h2-6,9H,7-8,10-11H2,1H3,(H,21,22). The zero-order valence-corrected chi connectivity index (χ0v) is 14.7. The van der Waals surface area contributed by atoms with Gasteiger partial charge in [0.1, 0.15) is 12.3 Å². The van der Waals surface area contributed by atoms with Crippen molar-refractivity contribution in [1.82, 2.24) is 4.98 Å². The van der Waals surface area contributed by atoms with Crippen LogP contribution in [-0.2, 0) is 16.0 Å². The molecule has 0 atom stereocenters. The lowest BCUT2D eigenvalue weighted by molar-refractivity contribution is -0.116. The number of aryl methyl sites for hydroxylation is 1. The molecule has 0 unspecified atom stereocenters. The highest BCUT2D eigenvalue weighted by atomic mass is 35.5. The highest BCUT2D eigenvalue weighted by molar-refractivity contribution is 6.42. The summed E-state index contributed by atoms with van der Waals surface area (Å²) in [6.07, 6.45) is 2.36. The van der Waals surface area contributed by atoms with Gasteiger partial charge in [-0.15, -0.1) is 0 Å². The first-order chi connectivity index (χ1) is 11.6. The van der Waals surface area contributed by atoms with Crippen LogP contribution >= 0.6 is 23.2 Å². The Balaban J connectivity index is 1.94. The molecule has 1 amide bonds. The molecule has 1 N–H and O–H groups in total. The van der Waals surface area contributed by atoms with E-state index in [-0.39, 0.29) is 12.3 Å². The lowest BCUT2D eigenvalue weighted by atomic mass is 10.1. The minimum atomic E-state index is -0.157. The molecule has 0 saturated carbocycles. The second kappa shape index (κ2) is 9.47. The number of nitrogens with one attached hydrogen (secondary N) is 1. The van der Waals surface area contributed by atoms with Gasteiger partial charge in [0.2, 0.25) is 11.8 Å². The normalized spacial score (nSPS) is 10.5. The second-order valence-electron chi connectivity index (χ2n) is 4.96. The molecule has 0 fully saturated rings. The number of pyridine rings is 1. The molecule has 0 spiro atoms. The number of hydrogen-bond donors (Lipinski definition) is 1. The average molecular weight is 369 g/mol. The Hall–Kier alpha value is -1.82. The number of halogens is 2. The Morgan fingerprint density at radius 3 is 2.83 bits per heavy atom. The summed E-state index contributed by atoms with van der Waals surface area (Å²) in [5.41, 5.74) is 1.36. The molecule has 128 valence electrons. The summed E-state index contributed by atoms with van der Waals surface area (Å²) in [7, 11) is 1.59. The zero-order chi connectivity index (χ0) is 17.4. The molecule has 7 heteroatoms. The van der Waals surface area contributed by atoms with Crippen LogP contribution in [0.15, 0.2) is 36.5 Å². The van der Waals surface area contributed by atoms with Gasteiger partial charge in [-0.3, -0.25) is 4.79 Å². The first-order valence-corrected chi connectivity index (χ1v) is 8.17. The van der Waals surface area contributed by atoms with Gasteiger partial charge in [-0.2, -0.15) is 0 Å². The predicted octanol–water partition coefficient (Wildman–Crippen LogP) is 3.98. The molecular formula is C17H18Cl2N2O3. The van der Waals surface area contributed by atoms with Crippen LogP contribution < -0.4 is 10.1 Å². The van der Waals surface area contributed by atoms with Gasteiger partial charge in [-0.25, -0.2) is 4.98 Å². The number of methoxy groups -OCH3 is 1. The van der Waals surface area contributed by atoms with E-state index in [0.717, 1.165) is 5.56 Å². The topological polar surface area (TPSA) is 60.5 Å². The number of anilines is 1. The largest absolute Gasteiger partial charge is 0.474 e. The number of carbonyl (C=O) groups is 1. The summed E-state index contributed by atoms with van der Waals surface area (Å²) in [5.74, 6) is 0.208. The number of rotatable bonds is 8. The van der Waals surface area contributed by atoms with Crippen molar-refractivity contribution in [2.24, 2.45) is 0 Å². The Bertz CT molecular complexity index is 695. The fourth-order valence-electron chi connectivity index (χ4n) is 2.03. The lowest BCUT2D eigenvalue weighted by Crippen LogP contribution is -2.15. The van der Waals surface area contributed by atoms with E-state index in [2.05, 4.69) is 10.3 Å². The molecule has 0 aliphatic rings. The maximum Gasteiger partial charge on any atom is 0.237 e. The van der Waals surface area contributed by atoms with E-state index in [4.69, 9.17) is 32.7 Å². The van der Waals surface area contributed by atoms with Crippen LogP contribution in [0.5, 0.6) is 5.88 Å². The van der Waals surface area contributed by atoms with E-state index in [1.807, 2.05) is 12.1 Å². The lowest BCUT2D eigenvalue weighted by Gasteiger charge is -2.11. The molecule has 2 rings (SSSR count). The third-order valence-corrected chi connectivity index (χ3v) is 4.08. The Morgan fingerprint density at radius 2 is 2.04 bits per heavy atom. The van der Waals surface area contributed by atoms with Gasteiger partial charge >= 0.3 is 0 Å². The van der Waals surface area contributed by atoms with Gasteiger partial charge in [0, 0.05) is 19.7 Å². The molecule has 0 aliphatic carbocycles. The number of nitrogens with zero attached hydrogens (tertiary/aromatic N) is 1. The molecular weight excluding hydrogens is 351 g/mol. The number of ether oxygens (including phenoxy) is 2. The average Bonchev–Trinajstić information content (AvgIpc) is 2.58. The van der Waals surface area contributed by atoms with Crippen LogP contribution in [0.3, 0.4) is 0 Å². The second-order valence-corrected chi connectivity index (χ2v) is 5.74. The molecule has 1 aromatic heterocycles. The van der Waals surface area contributed by atoms with Crippen molar-refractivity contribution in [3.8, 4) is 5.88 Å². The van der Waals surface area contributed by atoms with Gasteiger partial charge in [-0.1, -0.05) is 35.3 Å². The van der Waals surface area contributed by atoms with Crippen LogP contribution in [0.1, 0.15) is 12.0 Å². The summed E-state index contributed by atoms with van der Waals surface area (Å²) in [4.78, 5) is 16.3. The minimum Gasteiger partial charge on any atom is -0.474 e. The van der Waals surface area contributed by atoms with Gasteiger partial charge in [0.15, 0.2) is 0 Å². The predicted molar refractivity (Wildman–Crippen MR) is 95.0 cm³/mol. The van der Waals surface area contributed by atoms with Crippen LogP contribution in [0.25, 0.3) is 0 Å². The van der Waals surface area contributed by atoms with Crippen LogP contribution in [0, 0.1) is 0 Å². The molecule has 2 aromatic rings. The monoisotopic (exact) mass is 368 g/mol. The third-order valence-electron chi connectivity index (χ3n) is 3.22. The minimum absolute atomic E-state index is 0.157. The first kappa shape index (κ1) is 18.5. The number of carbonyl (C=O) groups excluding carboxylic acids is 1. The van der Waals surface area contributed by atoms with E-state index in [1.54, 1.807) is 31.5 Å². The number of aromatic nitrogens is 1. The summed E-state index contributed by atoms with van der Waals surface area (Å²) in [6.45, 7) is 0.797. The molecule has 1 aromatic carbocycles. The van der Waals surface area contributed by atoms with E-state index in [1.165, 1.54) is 0 Å². The fraction of sp³-hybridized carbons (Fsp3) is 0.294. The van der Waals surface area contributed by atoms with E-state index in [0.29, 0.717) is 41.2 Å². The van der Waals surface area contributed by atoms with Crippen molar-refractivity contribution < 1.29 is 14.3 Å². The van der Waals surface area contributed by atoms with E-state index >= 15 is 0 Å². The smallest absolute Gasteiger partial charge is 0.237 e. The molecule has 0 bridgehead atoms. The molecule has 24 heavy (non-hydrogen) atoms. The van der Waals surface area contributed by atoms with Crippen LogP contribution in [0.4, 0.5) is 5.69 Å². The number of benzene rings is 1. The summed E-state index contributed by atoms with van der Waals surface area (Å²) in [6, 6.07) is 8.84. The molecule has 0 saturated heterocycles. The zero-order valence-electron chi connectivity index (χ0n) is 13.2. The fourth-order valence-corrected chi connectivity index (χ4v) is 2.44. The summed E-state index contributed by atoms with van der Waals surface area (Å²) < 4.78 is 10.4. The van der Waals surface area contributed by atoms with Crippen molar-refractivity contribution in [3.05, 3.63) is 52.1 Å². The molecule has 0 aliphatic heterocycles. The Kier molecular flexibility index (Phi) is 7.31. The van der Waals surface area contributed by atoms with Crippen molar-refractivity contribution in [2.75, 3.05) is 25.6 Å². The Labute approximate surface area is 150 Å².